The number of rotatable bonds is 3. The number of aliphatic carboxylic acids is 1. The Morgan fingerprint density at radius 3 is 2.57 bits per heavy atom. The largest absolute Gasteiger partial charge is 0.480 e. The van der Waals surface area contributed by atoms with Crippen LogP contribution in [0.1, 0.15) is 11.1 Å². The number of hydrogen-bond acceptors (Lipinski definition) is 6. The maximum Gasteiger partial charge on any atom is 0.407 e. The van der Waals surface area contributed by atoms with Crippen LogP contribution < -0.4 is 4.90 Å². The number of nitrogens with zero attached hydrogens (tertiary/aromatic N) is 4. The zero-order chi connectivity index (χ0) is 20.7. The van der Waals surface area contributed by atoms with E-state index in [-0.39, 0.29) is 31.0 Å². The van der Waals surface area contributed by atoms with Gasteiger partial charge in [0.1, 0.15) is 17.9 Å². The summed E-state index contributed by atoms with van der Waals surface area (Å²) in [7, 11) is 0. The smallest absolute Gasteiger partial charge is 0.407 e. The highest BCUT2D eigenvalue weighted by Gasteiger charge is 2.38. The number of aryl methyl sites for hydroxylation is 2. The second-order valence-electron chi connectivity index (χ2n) is 6.55. The maximum atomic E-state index is 11.9. The van der Waals surface area contributed by atoms with Crippen molar-refractivity contribution in [1.29, 1.82) is 0 Å². The Bertz CT molecular complexity index is 1010. The van der Waals surface area contributed by atoms with Crippen molar-refractivity contribution >= 4 is 50.3 Å². The SMILES string of the molecule is Cc1cc2c(N3CCN(C(=O)O)C[C@@H]3C(=O)O)c([N+](=O)[O-])cnc2c(C)c1Br. The van der Waals surface area contributed by atoms with Crippen molar-refractivity contribution in [2.24, 2.45) is 0 Å². The molecule has 2 N–H and O–H groups in total. The standard InChI is InChI=1S/C17H17BrN4O6/c1-8-5-10-14(9(2)13(8)18)19-6-11(22(27)28)15(10)21-4-3-20(17(25)26)7-12(21)16(23)24/h5-6,12H,3-4,7H2,1-2H3,(H,23,24)(H,25,26)/t12-/m1/s1. The van der Waals surface area contributed by atoms with Crippen LogP contribution in [0.2, 0.25) is 0 Å². The third-order valence-corrected chi connectivity index (χ3v) is 6.10. The molecule has 1 aliphatic heterocycles. The molecule has 0 aliphatic carbocycles. The molecule has 28 heavy (non-hydrogen) atoms. The lowest BCUT2D eigenvalue weighted by Gasteiger charge is -2.39. The third-order valence-electron chi connectivity index (χ3n) is 4.88. The molecular formula is C17H17BrN4O6. The second kappa shape index (κ2) is 7.23. The first-order chi connectivity index (χ1) is 13.1. The van der Waals surface area contributed by atoms with E-state index < -0.39 is 23.0 Å². The molecule has 1 saturated heterocycles. The molecule has 2 heterocycles. The van der Waals surface area contributed by atoms with Gasteiger partial charge in [0.25, 0.3) is 0 Å². The lowest BCUT2D eigenvalue weighted by atomic mass is 10.0. The third kappa shape index (κ3) is 3.21. The number of hydrogen-bond donors (Lipinski definition) is 2. The van der Waals surface area contributed by atoms with Crippen LogP contribution in [0.25, 0.3) is 10.9 Å². The molecule has 1 aromatic heterocycles. The van der Waals surface area contributed by atoms with Crippen LogP contribution in [0, 0.1) is 24.0 Å². The fourth-order valence-electron chi connectivity index (χ4n) is 3.49. The molecule has 0 saturated carbocycles. The molecule has 10 nitrogen and oxygen atoms in total. The van der Waals surface area contributed by atoms with E-state index in [0.717, 1.165) is 26.7 Å². The predicted molar refractivity (Wildman–Crippen MR) is 104 cm³/mol. The van der Waals surface area contributed by atoms with E-state index >= 15 is 0 Å². The normalized spacial score (nSPS) is 17.0. The van der Waals surface area contributed by atoms with E-state index in [1.165, 1.54) is 4.90 Å². The van der Waals surface area contributed by atoms with E-state index in [4.69, 9.17) is 0 Å². The molecule has 0 spiro atoms. The Labute approximate surface area is 167 Å². The summed E-state index contributed by atoms with van der Waals surface area (Å²) in [6.07, 6.45) is -0.106. The first kappa shape index (κ1) is 19.8. The van der Waals surface area contributed by atoms with E-state index in [2.05, 4.69) is 20.9 Å². The van der Waals surface area contributed by atoms with Gasteiger partial charge in [-0.25, -0.2) is 14.6 Å². The van der Waals surface area contributed by atoms with Gasteiger partial charge in [0.2, 0.25) is 0 Å². The molecule has 3 rings (SSSR count). The molecule has 0 bridgehead atoms. The number of piperazine rings is 1. The summed E-state index contributed by atoms with van der Waals surface area (Å²) >= 11 is 3.47. The number of aromatic nitrogens is 1. The van der Waals surface area contributed by atoms with Gasteiger partial charge in [0, 0.05) is 22.9 Å². The maximum absolute atomic E-state index is 11.9. The summed E-state index contributed by atoms with van der Waals surface area (Å²) in [5.41, 5.74) is 1.95. The summed E-state index contributed by atoms with van der Waals surface area (Å²) in [4.78, 5) is 40.8. The minimum atomic E-state index is -1.25. The predicted octanol–water partition coefficient (Wildman–Crippen LogP) is 2.78. The molecule has 11 heteroatoms. The Morgan fingerprint density at radius 2 is 2.00 bits per heavy atom. The van der Waals surface area contributed by atoms with Crippen LogP contribution in [0.5, 0.6) is 0 Å². The molecule has 0 radical (unpaired) electrons. The van der Waals surface area contributed by atoms with Gasteiger partial charge in [-0.1, -0.05) is 15.9 Å². The molecule has 1 atom stereocenters. The van der Waals surface area contributed by atoms with Crippen molar-refractivity contribution in [3.8, 4) is 0 Å². The number of nitro groups is 1. The number of carboxylic acid groups (broad SMARTS) is 2. The number of pyridine rings is 1. The van der Waals surface area contributed by atoms with E-state index in [1.807, 2.05) is 13.8 Å². The molecule has 1 fully saturated rings. The Kier molecular flexibility index (Phi) is 5.11. The minimum absolute atomic E-state index is 0.0113. The molecule has 148 valence electrons. The molecule has 2 aromatic rings. The number of fused-ring (bicyclic) bond motifs is 1. The summed E-state index contributed by atoms with van der Waals surface area (Å²) < 4.78 is 0.817. The fourth-order valence-corrected chi connectivity index (χ4v) is 3.79. The number of carbonyl (C=O) groups is 2. The van der Waals surface area contributed by atoms with Crippen molar-refractivity contribution in [3.05, 3.63) is 38.0 Å². The Morgan fingerprint density at radius 1 is 1.32 bits per heavy atom. The first-order valence-corrected chi connectivity index (χ1v) is 9.13. The van der Waals surface area contributed by atoms with Crippen LogP contribution in [-0.2, 0) is 4.79 Å². The van der Waals surface area contributed by atoms with Crippen molar-refractivity contribution in [2.45, 2.75) is 19.9 Å². The average molecular weight is 453 g/mol. The van der Waals surface area contributed by atoms with Gasteiger partial charge in [-0.15, -0.1) is 0 Å². The molecule has 1 aliphatic rings. The Balaban J connectivity index is 2.28. The van der Waals surface area contributed by atoms with Gasteiger partial charge in [-0.05, 0) is 31.0 Å². The lowest BCUT2D eigenvalue weighted by molar-refractivity contribution is -0.384. The quantitative estimate of drug-likeness (QED) is 0.535. The highest BCUT2D eigenvalue weighted by Crippen LogP contribution is 2.40. The number of anilines is 1. The van der Waals surface area contributed by atoms with Gasteiger partial charge >= 0.3 is 17.7 Å². The van der Waals surface area contributed by atoms with Gasteiger partial charge in [0.15, 0.2) is 0 Å². The highest BCUT2D eigenvalue weighted by atomic mass is 79.9. The van der Waals surface area contributed by atoms with Crippen molar-refractivity contribution in [1.82, 2.24) is 9.88 Å². The summed E-state index contributed by atoms with van der Waals surface area (Å²) in [6.45, 7) is 3.40. The second-order valence-corrected chi connectivity index (χ2v) is 7.35. The Hall–Kier alpha value is -2.95. The molecule has 1 aromatic carbocycles. The van der Waals surface area contributed by atoms with Crippen LogP contribution in [0.4, 0.5) is 16.2 Å². The van der Waals surface area contributed by atoms with Crippen LogP contribution in [0.3, 0.4) is 0 Å². The first-order valence-electron chi connectivity index (χ1n) is 8.33. The lowest BCUT2D eigenvalue weighted by Crippen LogP contribution is -2.58. The number of benzene rings is 1. The van der Waals surface area contributed by atoms with Gasteiger partial charge < -0.3 is 20.0 Å². The van der Waals surface area contributed by atoms with Gasteiger partial charge in [0.05, 0.1) is 17.0 Å². The molecule has 1 amide bonds. The zero-order valence-electron chi connectivity index (χ0n) is 15.0. The van der Waals surface area contributed by atoms with E-state index in [0.29, 0.717) is 10.9 Å². The topological polar surface area (TPSA) is 137 Å². The van der Waals surface area contributed by atoms with E-state index in [9.17, 15) is 29.9 Å². The summed E-state index contributed by atoms with van der Waals surface area (Å²) in [5, 5.41) is 31.0. The zero-order valence-corrected chi connectivity index (χ0v) is 16.6. The van der Waals surface area contributed by atoms with Crippen molar-refractivity contribution in [3.63, 3.8) is 0 Å². The fraction of sp³-hybridized carbons (Fsp3) is 0.353. The van der Waals surface area contributed by atoms with E-state index in [1.54, 1.807) is 6.07 Å². The van der Waals surface area contributed by atoms with Crippen LogP contribution >= 0.6 is 15.9 Å². The van der Waals surface area contributed by atoms with Crippen LogP contribution in [0.15, 0.2) is 16.7 Å². The summed E-state index contributed by atoms with van der Waals surface area (Å²) in [5.74, 6) is -1.25. The van der Waals surface area contributed by atoms with Crippen molar-refractivity contribution < 1.29 is 24.7 Å². The minimum Gasteiger partial charge on any atom is -0.480 e. The highest BCUT2D eigenvalue weighted by molar-refractivity contribution is 9.10. The van der Waals surface area contributed by atoms with Crippen LogP contribution in [-0.4, -0.2) is 62.8 Å². The number of carboxylic acids is 1. The monoisotopic (exact) mass is 452 g/mol. The van der Waals surface area contributed by atoms with Crippen molar-refractivity contribution in [2.75, 3.05) is 24.5 Å². The number of amides is 1. The van der Waals surface area contributed by atoms with Gasteiger partial charge in [-0.3, -0.25) is 10.1 Å². The molecular weight excluding hydrogens is 436 g/mol. The van der Waals surface area contributed by atoms with Gasteiger partial charge in [-0.2, -0.15) is 0 Å². The summed E-state index contributed by atoms with van der Waals surface area (Å²) in [6, 6.07) is 0.475. The number of halogens is 1. The molecule has 0 unspecified atom stereocenters. The average Bonchev–Trinajstić information content (AvgIpc) is 2.64.